The first kappa shape index (κ1) is 25.2. The number of benzene rings is 2. The lowest BCUT2D eigenvalue weighted by Gasteiger charge is -2.21. The Balaban J connectivity index is 1.49. The number of thiophene rings is 1. The molecule has 194 valence electrons. The van der Waals surface area contributed by atoms with Crippen molar-refractivity contribution in [3.8, 4) is 28.0 Å². The summed E-state index contributed by atoms with van der Waals surface area (Å²) in [4.78, 5) is 18.2. The van der Waals surface area contributed by atoms with E-state index in [4.69, 9.17) is 21.3 Å². The van der Waals surface area contributed by atoms with Gasteiger partial charge in [-0.2, -0.15) is 5.10 Å². The van der Waals surface area contributed by atoms with Crippen LogP contribution in [-0.2, 0) is 6.54 Å². The number of carbonyl (C=O) groups is 1. The van der Waals surface area contributed by atoms with Crippen molar-refractivity contribution >= 4 is 44.6 Å². The SMILES string of the molecule is COc1ccc(N(C(N)=O)c2ccc(-c3csc4c(-c5cnn(CC(O)CO)c5)cnc(N)c34)cc2)cc1. The smallest absolute Gasteiger partial charge is 0.323 e. The van der Waals surface area contributed by atoms with Gasteiger partial charge in [-0.1, -0.05) is 12.1 Å². The number of aliphatic hydroxyl groups is 2. The first-order valence-electron chi connectivity index (χ1n) is 11.7. The van der Waals surface area contributed by atoms with E-state index in [2.05, 4.69) is 10.1 Å². The Morgan fingerprint density at radius 2 is 1.76 bits per heavy atom. The van der Waals surface area contributed by atoms with Crippen LogP contribution in [0.2, 0.25) is 0 Å². The van der Waals surface area contributed by atoms with Crippen LogP contribution >= 0.6 is 11.3 Å². The number of rotatable bonds is 8. The molecular formula is C27H26N6O4S. The number of amides is 2. The number of nitrogens with two attached hydrogens (primary N) is 2. The number of primary amides is 1. The number of hydrogen-bond donors (Lipinski definition) is 4. The first-order chi connectivity index (χ1) is 18.4. The molecule has 11 heteroatoms. The zero-order valence-electron chi connectivity index (χ0n) is 20.5. The van der Waals surface area contributed by atoms with Gasteiger partial charge in [0.25, 0.3) is 0 Å². The maximum absolute atomic E-state index is 12.3. The van der Waals surface area contributed by atoms with Gasteiger partial charge in [0.1, 0.15) is 11.6 Å². The van der Waals surface area contributed by atoms with Crippen LogP contribution in [0.5, 0.6) is 5.75 Å². The van der Waals surface area contributed by atoms with Crippen molar-refractivity contribution < 1.29 is 19.7 Å². The Kier molecular flexibility index (Phi) is 6.97. The van der Waals surface area contributed by atoms with E-state index in [-0.39, 0.29) is 13.2 Å². The van der Waals surface area contributed by atoms with Gasteiger partial charge in [-0.3, -0.25) is 9.58 Å². The monoisotopic (exact) mass is 530 g/mol. The number of anilines is 3. The highest BCUT2D eigenvalue weighted by atomic mass is 32.1. The Morgan fingerprint density at radius 1 is 1.08 bits per heavy atom. The molecule has 5 aromatic rings. The molecule has 2 aromatic carbocycles. The van der Waals surface area contributed by atoms with E-state index in [0.29, 0.717) is 22.9 Å². The molecule has 5 rings (SSSR count). The molecule has 6 N–H and O–H groups in total. The molecule has 0 aliphatic rings. The van der Waals surface area contributed by atoms with Crippen molar-refractivity contribution in [3.05, 3.63) is 72.5 Å². The third-order valence-electron chi connectivity index (χ3n) is 6.16. The van der Waals surface area contributed by atoms with E-state index in [1.807, 2.05) is 29.6 Å². The number of aromatic nitrogens is 3. The van der Waals surface area contributed by atoms with Gasteiger partial charge in [0.2, 0.25) is 0 Å². The molecule has 0 bridgehead atoms. The quantitative estimate of drug-likeness (QED) is 0.237. The number of fused-ring (bicyclic) bond motifs is 1. The minimum atomic E-state index is -0.890. The van der Waals surface area contributed by atoms with Crippen LogP contribution in [0.1, 0.15) is 0 Å². The average molecular weight is 531 g/mol. The fourth-order valence-corrected chi connectivity index (χ4v) is 5.41. The van der Waals surface area contributed by atoms with E-state index in [9.17, 15) is 9.90 Å². The Hall–Kier alpha value is -4.45. The molecule has 1 atom stereocenters. The maximum atomic E-state index is 12.3. The van der Waals surface area contributed by atoms with Crippen LogP contribution in [0, 0.1) is 0 Å². The summed E-state index contributed by atoms with van der Waals surface area (Å²) in [7, 11) is 1.58. The number of nitrogens with zero attached hydrogens (tertiary/aromatic N) is 4. The lowest BCUT2D eigenvalue weighted by Crippen LogP contribution is -2.31. The van der Waals surface area contributed by atoms with E-state index in [1.54, 1.807) is 66.0 Å². The van der Waals surface area contributed by atoms with Crippen molar-refractivity contribution in [2.24, 2.45) is 5.73 Å². The van der Waals surface area contributed by atoms with E-state index < -0.39 is 12.1 Å². The molecule has 3 aromatic heterocycles. The molecule has 0 aliphatic carbocycles. The Bertz CT molecular complexity index is 1580. The summed E-state index contributed by atoms with van der Waals surface area (Å²) >= 11 is 1.54. The van der Waals surface area contributed by atoms with Gasteiger partial charge in [-0.25, -0.2) is 9.78 Å². The highest BCUT2D eigenvalue weighted by Gasteiger charge is 2.19. The van der Waals surface area contributed by atoms with Crippen molar-refractivity contribution in [2.45, 2.75) is 12.6 Å². The number of pyridine rings is 1. The molecule has 10 nitrogen and oxygen atoms in total. The van der Waals surface area contributed by atoms with Gasteiger partial charge in [-0.15, -0.1) is 11.3 Å². The Morgan fingerprint density at radius 3 is 2.39 bits per heavy atom. The van der Waals surface area contributed by atoms with Gasteiger partial charge >= 0.3 is 6.03 Å². The molecule has 0 spiro atoms. The maximum Gasteiger partial charge on any atom is 0.323 e. The fourth-order valence-electron chi connectivity index (χ4n) is 4.29. The number of methoxy groups -OCH3 is 1. The molecule has 0 aliphatic heterocycles. The summed E-state index contributed by atoms with van der Waals surface area (Å²) in [6, 6.07) is 14.0. The molecule has 0 saturated carbocycles. The largest absolute Gasteiger partial charge is 0.497 e. The first-order valence-corrected chi connectivity index (χ1v) is 12.6. The van der Waals surface area contributed by atoms with Crippen LogP contribution in [-0.4, -0.2) is 50.8 Å². The second-order valence-electron chi connectivity index (χ2n) is 8.62. The van der Waals surface area contributed by atoms with Gasteiger partial charge in [0.15, 0.2) is 0 Å². The summed E-state index contributed by atoms with van der Waals surface area (Å²) in [6.45, 7) is -0.157. The summed E-state index contributed by atoms with van der Waals surface area (Å²) in [5.41, 5.74) is 16.8. The molecule has 2 amide bonds. The summed E-state index contributed by atoms with van der Waals surface area (Å²) < 4.78 is 7.74. The molecule has 0 fully saturated rings. The number of ether oxygens (including phenoxy) is 1. The fraction of sp³-hybridized carbons (Fsp3) is 0.148. The van der Waals surface area contributed by atoms with Crippen molar-refractivity contribution in [1.82, 2.24) is 14.8 Å². The number of aliphatic hydroxyl groups excluding tert-OH is 2. The average Bonchev–Trinajstić information content (AvgIpc) is 3.58. The predicted molar refractivity (Wildman–Crippen MR) is 148 cm³/mol. The highest BCUT2D eigenvalue weighted by molar-refractivity contribution is 7.18. The van der Waals surface area contributed by atoms with Gasteiger partial charge < -0.3 is 26.4 Å². The molecular weight excluding hydrogens is 504 g/mol. The molecule has 38 heavy (non-hydrogen) atoms. The number of hydrogen-bond acceptors (Lipinski definition) is 8. The van der Waals surface area contributed by atoms with Crippen LogP contribution in [0.3, 0.4) is 0 Å². The Labute approximate surface area is 222 Å². The van der Waals surface area contributed by atoms with Gasteiger partial charge in [0.05, 0.1) is 43.9 Å². The zero-order chi connectivity index (χ0) is 26.8. The lowest BCUT2D eigenvalue weighted by atomic mass is 10.0. The highest BCUT2D eigenvalue weighted by Crippen LogP contribution is 2.42. The third-order valence-corrected chi connectivity index (χ3v) is 7.18. The number of urea groups is 1. The van der Waals surface area contributed by atoms with Crippen LogP contribution in [0.25, 0.3) is 32.3 Å². The molecule has 1 unspecified atom stereocenters. The summed E-state index contributed by atoms with van der Waals surface area (Å²) in [5.74, 6) is 1.09. The second-order valence-corrected chi connectivity index (χ2v) is 9.50. The minimum Gasteiger partial charge on any atom is -0.497 e. The number of nitrogen functional groups attached to an aromatic ring is 1. The van der Waals surface area contributed by atoms with Crippen molar-refractivity contribution in [1.29, 1.82) is 0 Å². The molecule has 3 heterocycles. The van der Waals surface area contributed by atoms with Crippen LogP contribution < -0.4 is 21.1 Å². The van der Waals surface area contributed by atoms with Gasteiger partial charge in [-0.05, 0) is 47.3 Å². The number of carbonyl (C=O) groups excluding carboxylic acids is 1. The summed E-state index contributed by atoms with van der Waals surface area (Å²) in [5, 5.41) is 26.0. The second kappa shape index (κ2) is 10.5. The summed E-state index contributed by atoms with van der Waals surface area (Å²) in [6.07, 6.45) is 4.32. The lowest BCUT2D eigenvalue weighted by molar-refractivity contribution is 0.0783. The minimum absolute atomic E-state index is 0.183. The van der Waals surface area contributed by atoms with Gasteiger partial charge in [0, 0.05) is 39.2 Å². The third kappa shape index (κ3) is 4.77. The molecule has 0 radical (unpaired) electrons. The van der Waals surface area contributed by atoms with Crippen molar-refractivity contribution in [2.75, 3.05) is 24.4 Å². The van der Waals surface area contributed by atoms with E-state index in [0.717, 1.165) is 32.3 Å². The van der Waals surface area contributed by atoms with Crippen LogP contribution in [0.4, 0.5) is 22.0 Å². The zero-order valence-corrected chi connectivity index (χ0v) is 21.3. The topological polar surface area (TPSA) is 153 Å². The van der Waals surface area contributed by atoms with Crippen LogP contribution in [0.15, 0.2) is 72.5 Å². The van der Waals surface area contributed by atoms with E-state index in [1.165, 1.54) is 4.90 Å². The van der Waals surface area contributed by atoms with E-state index >= 15 is 0 Å². The predicted octanol–water partition coefficient (Wildman–Crippen LogP) is 3.99. The molecule has 0 saturated heterocycles. The van der Waals surface area contributed by atoms with Crippen molar-refractivity contribution in [3.63, 3.8) is 0 Å². The normalized spacial score (nSPS) is 12.0. The standard InChI is InChI=1S/C27H26N6O4S/c1-37-21-8-6-19(7-9-21)33(27(29)36)18-4-2-16(3-5-18)23-15-38-25-22(11-30-26(28)24(23)25)17-10-31-32(12-17)13-20(35)14-34/h2-12,15,20,34-35H,13-14H2,1H3,(H2,28,30)(H2,29,36).